The number of methoxy groups -OCH3 is 2. The van der Waals surface area contributed by atoms with Crippen LogP contribution < -0.4 is 19.7 Å². The van der Waals surface area contributed by atoms with Gasteiger partial charge in [-0.3, -0.25) is 9.59 Å². The molecule has 6 heteroatoms. The summed E-state index contributed by atoms with van der Waals surface area (Å²) in [4.78, 5) is 26.0. The van der Waals surface area contributed by atoms with Gasteiger partial charge in [0.1, 0.15) is 6.54 Å². The van der Waals surface area contributed by atoms with Crippen molar-refractivity contribution in [2.45, 2.75) is 27.3 Å². The van der Waals surface area contributed by atoms with Crippen LogP contribution in [0.4, 0.5) is 5.69 Å². The van der Waals surface area contributed by atoms with Crippen molar-refractivity contribution in [2.24, 2.45) is 0 Å². The molecule has 0 bridgehead atoms. The topological polar surface area (TPSA) is 67.9 Å². The van der Waals surface area contributed by atoms with Crippen molar-refractivity contribution in [1.82, 2.24) is 5.32 Å². The summed E-state index contributed by atoms with van der Waals surface area (Å²) < 4.78 is 10.5. The maximum absolute atomic E-state index is 12.4. The Morgan fingerprint density at radius 1 is 1.04 bits per heavy atom. The van der Waals surface area contributed by atoms with Crippen LogP contribution in [0.5, 0.6) is 11.5 Å². The number of hydrogen-bond donors (Lipinski definition) is 1. The minimum atomic E-state index is -0.235. The Morgan fingerprint density at radius 3 is 2.37 bits per heavy atom. The lowest BCUT2D eigenvalue weighted by atomic mass is 10.1. The Morgan fingerprint density at radius 2 is 1.74 bits per heavy atom. The van der Waals surface area contributed by atoms with Gasteiger partial charge in [-0.2, -0.15) is 0 Å². The van der Waals surface area contributed by atoms with Gasteiger partial charge in [-0.25, -0.2) is 0 Å². The van der Waals surface area contributed by atoms with E-state index in [1.165, 1.54) is 11.8 Å². The van der Waals surface area contributed by atoms with E-state index in [1.807, 2.05) is 44.2 Å². The van der Waals surface area contributed by atoms with Crippen LogP contribution in [0.25, 0.3) is 0 Å². The van der Waals surface area contributed by atoms with Gasteiger partial charge in [-0.1, -0.05) is 18.2 Å². The van der Waals surface area contributed by atoms with Gasteiger partial charge in [-0.15, -0.1) is 0 Å². The molecule has 2 rings (SSSR count). The summed E-state index contributed by atoms with van der Waals surface area (Å²) >= 11 is 0. The molecule has 2 aromatic rings. The van der Waals surface area contributed by atoms with E-state index in [0.717, 1.165) is 22.4 Å². The summed E-state index contributed by atoms with van der Waals surface area (Å²) in [5.41, 5.74) is 3.69. The number of amides is 2. The number of rotatable bonds is 7. The Bertz CT molecular complexity index is 833. The minimum Gasteiger partial charge on any atom is -0.493 e. The average molecular weight is 370 g/mol. The van der Waals surface area contributed by atoms with Crippen molar-refractivity contribution in [2.75, 3.05) is 25.7 Å². The standard InChI is InChI=1S/C21H26N2O4/c1-14-7-6-8-18(15(14)2)23(16(3)24)13-21(25)22-12-17-9-10-19(26-4)20(11-17)27-5/h6-11H,12-13H2,1-5H3,(H,22,25). The number of ether oxygens (including phenoxy) is 2. The zero-order chi connectivity index (χ0) is 20.0. The highest BCUT2D eigenvalue weighted by Crippen LogP contribution is 2.27. The number of aryl methyl sites for hydroxylation is 1. The molecule has 0 fully saturated rings. The molecule has 0 heterocycles. The first-order valence-electron chi connectivity index (χ1n) is 8.69. The van der Waals surface area contributed by atoms with Gasteiger partial charge in [0, 0.05) is 19.2 Å². The molecule has 0 atom stereocenters. The number of hydrogen-bond acceptors (Lipinski definition) is 4. The molecular weight excluding hydrogens is 344 g/mol. The summed E-state index contributed by atoms with van der Waals surface area (Å²) in [6.45, 7) is 5.68. The van der Waals surface area contributed by atoms with Gasteiger partial charge in [0.05, 0.1) is 14.2 Å². The van der Waals surface area contributed by atoms with E-state index in [0.29, 0.717) is 18.0 Å². The van der Waals surface area contributed by atoms with Crippen molar-refractivity contribution in [3.63, 3.8) is 0 Å². The van der Waals surface area contributed by atoms with Crippen LogP contribution in [-0.2, 0) is 16.1 Å². The average Bonchev–Trinajstić information content (AvgIpc) is 2.66. The molecule has 2 aromatic carbocycles. The third-order valence-corrected chi connectivity index (χ3v) is 4.49. The van der Waals surface area contributed by atoms with Gasteiger partial charge >= 0.3 is 0 Å². The quantitative estimate of drug-likeness (QED) is 0.814. The number of benzene rings is 2. The molecule has 0 aliphatic rings. The maximum atomic E-state index is 12.4. The molecule has 1 N–H and O–H groups in total. The fourth-order valence-corrected chi connectivity index (χ4v) is 2.78. The normalized spacial score (nSPS) is 10.3. The highest BCUT2D eigenvalue weighted by Gasteiger charge is 2.18. The lowest BCUT2D eigenvalue weighted by molar-refractivity contribution is -0.123. The zero-order valence-electron chi connectivity index (χ0n) is 16.5. The second kappa shape index (κ2) is 9.07. The monoisotopic (exact) mass is 370 g/mol. The maximum Gasteiger partial charge on any atom is 0.240 e. The third kappa shape index (κ3) is 5.00. The van der Waals surface area contributed by atoms with Crippen LogP contribution in [0, 0.1) is 13.8 Å². The molecule has 0 aliphatic heterocycles. The number of carbonyl (C=O) groups excluding carboxylic acids is 2. The Balaban J connectivity index is 2.07. The summed E-state index contributed by atoms with van der Waals surface area (Å²) in [7, 11) is 3.14. The van der Waals surface area contributed by atoms with Crippen molar-refractivity contribution in [3.05, 3.63) is 53.1 Å². The number of anilines is 1. The van der Waals surface area contributed by atoms with E-state index >= 15 is 0 Å². The second-order valence-corrected chi connectivity index (χ2v) is 6.29. The van der Waals surface area contributed by atoms with Crippen molar-refractivity contribution >= 4 is 17.5 Å². The fraction of sp³-hybridized carbons (Fsp3) is 0.333. The summed E-state index contributed by atoms with van der Waals surface area (Å²) in [6.07, 6.45) is 0. The Labute approximate surface area is 160 Å². The van der Waals surface area contributed by atoms with Crippen molar-refractivity contribution < 1.29 is 19.1 Å². The SMILES string of the molecule is COc1ccc(CNC(=O)CN(C(C)=O)c2cccc(C)c2C)cc1OC. The molecule has 0 aliphatic carbocycles. The van der Waals surface area contributed by atoms with E-state index in [4.69, 9.17) is 9.47 Å². The summed E-state index contributed by atoms with van der Waals surface area (Å²) in [6, 6.07) is 11.2. The van der Waals surface area contributed by atoms with Crippen LogP contribution >= 0.6 is 0 Å². The smallest absolute Gasteiger partial charge is 0.240 e. The lowest BCUT2D eigenvalue weighted by Crippen LogP contribution is -2.40. The molecule has 2 amide bonds. The number of carbonyl (C=O) groups is 2. The molecular formula is C21H26N2O4. The zero-order valence-corrected chi connectivity index (χ0v) is 16.5. The molecule has 0 aromatic heterocycles. The van der Waals surface area contributed by atoms with E-state index in [-0.39, 0.29) is 18.4 Å². The molecule has 0 saturated heterocycles. The molecule has 0 radical (unpaired) electrons. The molecule has 0 spiro atoms. The van der Waals surface area contributed by atoms with Crippen LogP contribution in [0.1, 0.15) is 23.6 Å². The van der Waals surface area contributed by atoms with Crippen LogP contribution in [0.2, 0.25) is 0 Å². The minimum absolute atomic E-state index is 0.0348. The summed E-state index contributed by atoms with van der Waals surface area (Å²) in [5, 5.41) is 2.85. The van der Waals surface area contributed by atoms with Gasteiger partial charge in [0.25, 0.3) is 0 Å². The van der Waals surface area contributed by atoms with Crippen LogP contribution in [0.15, 0.2) is 36.4 Å². The van der Waals surface area contributed by atoms with Crippen LogP contribution in [-0.4, -0.2) is 32.6 Å². The molecule has 0 unspecified atom stereocenters. The van der Waals surface area contributed by atoms with Gasteiger partial charge in [0.2, 0.25) is 11.8 Å². The predicted molar refractivity (Wildman–Crippen MR) is 105 cm³/mol. The summed E-state index contributed by atoms with van der Waals surface area (Å²) in [5.74, 6) is 0.820. The Kier molecular flexibility index (Phi) is 6.82. The third-order valence-electron chi connectivity index (χ3n) is 4.49. The molecule has 27 heavy (non-hydrogen) atoms. The first kappa shape index (κ1) is 20.3. The van der Waals surface area contributed by atoms with E-state index in [1.54, 1.807) is 20.3 Å². The molecule has 0 saturated carbocycles. The molecule has 144 valence electrons. The van der Waals surface area contributed by atoms with Gasteiger partial charge in [0.15, 0.2) is 11.5 Å². The Hall–Kier alpha value is -3.02. The van der Waals surface area contributed by atoms with E-state index < -0.39 is 0 Å². The largest absolute Gasteiger partial charge is 0.493 e. The van der Waals surface area contributed by atoms with E-state index in [2.05, 4.69) is 5.32 Å². The highest BCUT2D eigenvalue weighted by molar-refractivity contribution is 5.98. The van der Waals surface area contributed by atoms with Gasteiger partial charge < -0.3 is 19.7 Å². The second-order valence-electron chi connectivity index (χ2n) is 6.29. The first-order chi connectivity index (χ1) is 12.9. The number of nitrogens with zero attached hydrogens (tertiary/aromatic N) is 1. The van der Waals surface area contributed by atoms with Crippen molar-refractivity contribution in [3.8, 4) is 11.5 Å². The number of nitrogens with one attached hydrogen (secondary N) is 1. The lowest BCUT2D eigenvalue weighted by Gasteiger charge is -2.23. The predicted octanol–water partition coefficient (Wildman–Crippen LogP) is 2.99. The van der Waals surface area contributed by atoms with E-state index in [9.17, 15) is 9.59 Å². The van der Waals surface area contributed by atoms with Crippen LogP contribution in [0.3, 0.4) is 0 Å². The molecule has 6 nitrogen and oxygen atoms in total. The highest BCUT2D eigenvalue weighted by atomic mass is 16.5. The fourth-order valence-electron chi connectivity index (χ4n) is 2.78. The first-order valence-corrected chi connectivity index (χ1v) is 8.69. The van der Waals surface area contributed by atoms with Gasteiger partial charge in [-0.05, 0) is 48.7 Å². The van der Waals surface area contributed by atoms with Crippen molar-refractivity contribution in [1.29, 1.82) is 0 Å².